The van der Waals surface area contributed by atoms with Gasteiger partial charge in [-0.15, -0.1) is 0 Å². The van der Waals surface area contributed by atoms with Gasteiger partial charge in [-0.1, -0.05) is 43.3 Å². The zero-order chi connectivity index (χ0) is 22.6. The van der Waals surface area contributed by atoms with E-state index < -0.39 is 32.0 Å². The van der Waals surface area contributed by atoms with Gasteiger partial charge in [0.25, 0.3) is 0 Å². The van der Waals surface area contributed by atoms with Crippen LogP contribution in [-0.2, 0) is 24.8 Å². The number of nitrogens with zero attached hydrogens (tertiary/aromatic N) is 2. The zero-order valence-electron chi connectivity index (χ0n) is 17.5. The van der Waals surface area contributed by atoms with Crippen molar-refractivity contribution in [1.82, 2.24) is 13.9 Å². The molecule has 1 aliphatic rings. The van der Waals surface area contributed by atoms with Crippen molar-refractivity contribution in [2.24, 2.45) is 0 Å². The molecule has 3 rings (SSSR count). The molecule has 10 heteroatoms. The van der Waals surface area contributed by atoms with Crippen LogP contribution in [0.5, 0.6) is 0 Å². The van der Waals surface area contributed by atoms with E-state index in [1.54, 1.807) is 36.4 Å². The molecule has 31 heavy (non-hydrogen) atoms. The van der Waals surface area contributed by atoms with Crippen molar-refractivity contribution in [2.75, 3.05) is 19.6 Å². The summed E-state index contributed by atoms with van der Waals surface area (Å²) in [5.41, 5.74) is 0. The molecule has 0 bridgehead atoms. The average molecular weight is 466 g/mol. The maximum atomic E-state index is 13.3. The smallest absolute Gasteiger partial charge is 0.243 e. The molecule has 0 aliphatic carbocycles. The van der Waals surface area contributed by atoms with Crippen molar-refractivity contribution in [3.63, 3.8) is 0 Å². The van der Waals surface area contributed by atoms with Crippen molar-refractivity contribution in [3.05, 3.63) is 60.7 Å². The van der Waals surface area contributed by atoms with Crippen molar-refractivity contribution in [3.8, 4) is 0 Å². The molecule has 168 valence electrons. The lowest BCUT2D eigenvalue weighted by atomic mass is 10.2. The van der Waals surface area contributed by atoms with E-state index in [1.165, 1.54) is 28.6 Å². The van der Waals surface area contributed by atoms with Gasteiger partial charge in [-0.05, 0) is 37.6 Å². The molecule has 2 aromatic rings. The number of carbonyl (C=O) groups excluding carboxylic acids is 1. The number of rotatable bonds is 7. The summed E-state index contributed by atoms with van der Waals surface area (Å²) < 4.78 is 55.0. The van der Waals surface area contributed by atoms with Gasteiger partial charge in [0, 0.05) is 25.7 Å². The number of amides is 1. The lowest BCUT2D eigenvalue weighted by Gasteiger charge is -2.39. The molecule has 1 N–H and O–H groups in total. The third-order valence-electron chi connectivity index (χ3n) is 5.33. The Kier molecular flexibility index (Phi) is 7.15. The van der Waals surface area contributed by atoms with E-state index in [9.17, 15) is 21.6 Å². The van der Waals surface area contributed by atoms with E-state index in [1.807, 2.05) is 13.8 Å². The summed E-state index contributed by atoms with van der Waals surface area (Å²) >= 11 is 0. The van der Waals surface area contributed by atoms with Crippen molar-refractivity contribution in [2.45, 2.75) is 42.1 Å². The van der Waals surface area contributed by atoms with Gasteiger partial charge in [0.1, 0.15) is 6.04 Å². The molecule has 0 radical (unpaired) electrons. The second-order valence-corrected chi connectivity index (χ2v) is 11.3. The van der Waals surface area contributed by atoms with Gasteiger partial charge in [-0.3, -0.25) is 4.79 Å². The van der Waals surface area contributed by atoms with Crippen molar-refractivity contribution < 1.29 is 21.6 Å². The van der Waals surface area contributed by atoms with Crippen LogP contribution in [0.3, 0.4) is 0 Å². The van der Waals surface area contributed by atoms with Crippen LogP contribution in [0.2, 0.25) is 0 Å². The number of hydrogen-bond donors (Lipinski definition) is 1. The van der Waals surface area contributed by atoms with Gasteiger partial charge in [0.2, 0.25) is 26.0 Å². The van der Waals surface area contributed by atoms with Crippen LogP contribution >= 0.6 is 0 Å². The van der Waals surface area contributed by atoms with E-state index >= 15 is 0 Å². The SMILES string of the molecule is CC[C@H](C)NC(=O)[C@H]1CN(S(=O)(=O)c2ccccc2)CCN1S(=O)(=O)c1ccccc1. The standard InChI is InChI=1S/C21H27N3O5S2/c1-3-17(2)22-21(25)20-16-23(30(26,27)18-10-6-4-7-11-18)14-15-24(20)31(28,29)19-12-8-5-9-13-19/h4-13,17,20H,3,14-16H2,1-2H3,(H,22,25)/t17-,20+/m0/s1. The van der Waals surface area contributed by atoms with Gasteiger partial charge >= 0.3 is 0 Å². The lowest BCUT2D eigenvalue weighted by molar-refractivity contribution is -0.126. The minimum absolute atomic E-state index is 0.0452. The summed E-state index contributed by atoms with van der Waals surface area (Å²) in [5, 5.41) is 2.80. The largest absolute Gasteiger partial charge is 0.352 e. The van der Waals surface area contributed by atoms with Crippen LogP contribution in [0, 0.1) is 0 Å². The summed E-state index contributed by atoms with van der Waals surface area (Å²) in [6.45, 7) is 3.29. The summed E-state index contributed by atoms with van der Waals surface area (Å²) in [6.07, 6.45) is 0.663. The van der Waals surface area contributed by atoms with Gasteiger partial charge in [0.05, 0.1) is 9.79 Å². The van der Waals surface area contributed by atoms with Gasteiger partial charge < -0.3 is 5.32 Å². The molecule has 2 atom stereocenters. The Balaban J connectivity index is 1.96. The quantitative estimate of drug-likeness (QED) is 0.670. The highest BCUT2D eigenvalue weighted by molar-refractivity contribution is 7.89. The fourth-order valence-corrected chi connectivity index (χ4v) is 6.42. The summed E-state index contributed by atoms with van der Waals surface area (Å²) in [7, 11) is -7.85. The molecule has 0 spiro atoms. The minimum atomic E-state index is -3.98. The monoisotopic (exact) mass is 465 g/mol. The topological polar surface area (TPSA) is 104 Å². The Morgan fingerprint density at radius 1 is 0.935 bits per heavy atom. The number of piperazine rings is 1. The van der Waals surface area contributed by atoms with Crippen LogP contribution in [-0.4, -0.2) is 63.1 Å². The Morgan fingerprint density at radius 3 is 1.97 bits per heavy atom. The van der Waals surface area contributed by atoms with E-state index in [4.69, 9.17) is 0 Å². The molecule has 8 nitrogen and oxygen atoms in total. The first kappa shape index (κ1) is 23.4. The third kappa shape index (κ3) is 4.98. The number of nitrogens with one attached hydrogen (secondary N) is 1. The molecule has 1 saturated heterocycles. The van der Waals surface area contributed by atoms with Crippen LogP contribution in [0.25, 0.3) is 0 Å². The van der Waals surface area contributed by atoms with Crippen LogP contribution in [0.1, 0.15) is 20.3 Å². The number of benzene rings is 2. The molecule has 0 saturated carbocycles. The predicted octanol–water partition coefficient (Wildman–Crippen LogP) is 1.67. The molecule has 2 aromatic carbocycles. The van der Waals surface area contributed by atoms with E-state index in [-0.39, 0.29) is 35.5 Å². The maximum Gasteiger partial charge on any atom is 0.243 e. The van der Waals surface area contributed by atoms with Crippen LogP contribution in [0.4, 0.5) is 0 Å². The van der Waals surface area contributed by atoms with Crippen molar-refractivity contribution in [1.29, 1.82) is 0 Å². The molecule has 1 heterocycles. The summed E-state index contributed by atoms with van der Waals surface area (Å²) in [5.74, 6) is -0.512. The normalized spacial score (nSPS) is 19.6. The van der Waals surface area contributed by atoms with Crippen LogP contribution < -0.4 is 5.32 Å². The van der Waals surface area contributed by atoms with Gasteiger partial charge in [-0.2, -0.15) is 8.61 Å². The zero-order valence-corrected chi connectivity index (χ0v) is 19.1. The van der Waals surface area contributed by atoms with E-state index in [2.05, 4.69) is 5.32 Å². The van der Waals surface area contributed by atoms with Crippen molar-refractivity contribution >= 4 is 26.0 Å². The fraction of sp³-hybridized carbons (Fsp3) is 0.381. The first-order valence-corrected chi connectivity index (χ1v) is 13.0. The van der Waals surface area contributed by atoms with Gasteiger partial charge in [-0.25, -0.2) is 16.8 Å². The first-order chi connectivity index (χ1) is 14.7. The Morgan fingerprint density at radius 2 is 1.45 bits per heavy atom. The predicted molar refractivity (Wildman–Crippen MR) is 117 cm³/mol. The third-order valence-corrected chi connectivity index (χ3v) is 9.13. The highest BCUT2D eigenvalue weighted by atomic mass is 32.2. The Bertz CT molecular complexity index is 1110. The number of hydrogen-bond acceptors (Lipinski definition) is 5. The molecule has 0 unspecified atom stereocenters. The number of carbonyl (C=O) groups is 1. The summed E-state index contributed by atoms with van der Waals surface area (Å²) in [6, 6.07) is 14.4. The van der Waals surface area contributed by atoms with Gasteiger partial charge in [0.15, 0.2) is 0 Å². The second-order valence-electron chi connectivity index (χ2n) is 7.44. The second kappa shape index (κ2) is 9.47. The highest BCUT2D eigenvalue weighted by Crippen LogP contribution is 2.25. The fourth-order valence-electron chi connectivity index (χ4n) is 3.37. The van der Waals surface area contributed by atoms with E-state index in [0.29, 0.717) is 6.42 Å². The molecular formula is C21H27N3O5S2. The molecule has 1 aliphatic heterocycles. The molecule has 1 fully saturated rings. The lowest BCUT2D eigenvalue weighted by Crippen LogP contribution is -2.61. The average Bonchev–Trinajstić information content (AvgIpc) is 2.79. The highest BCUT2D eigenvalue weighted by Gasteiger charge is 2.43. The minimum Gasteiger partial charge on any atom is -0.352 e. The first-order valence-electron chi connectivity index (χ1n) is 10.1. The molecular weight excluding hydrogens is 438 g/mol. The number of sulfonamides is 2. The Labute approximate surface area is 184 Å². The van der Waals surface area contributed by atoms with Crippen LogP contribution in [0.15, 0.2) is 70.5 Å². The Hall–Kier alpha value is -2.27. The molecule has 0 aromatic heterocycles. The van der Waals surface area contributed by atoms with E-state index in [0.717, 1.165) is 4.31 Å². The summed E-state index contributed by atoms with van der Waals surface area (Å²) in [4.78, 5) is 13.2. The molecule has 1 amide bonds. The maximum absolute atomic E-state index is 13.3.